The van der Waals surface area contributed by atoms with Crippen LogP contribution in [0.4, 0.5) is 4.79 Å². The Morgan fingerprint density at radius 1 is 1.28 bits per heavy atom. The Morgan fingerprint density at radius 3 is 2.61 bits per heavy atom. The zero-order valence-electron chi connectivity index (χ0n) is 10.2. The predicted molar refractivity (Wildman–Crippen MR) is 63.5 cm³/mol. The topological polar surface area (TPSA) is 67.9 Å². The summed E-state index contributed by atoms with van der Waals surface area (Å²) in [5.41, 5.74) is 0.822. The van der Waals surface area contributed by atoms with E-state index in [-0.39, 0.29) is 18.5 Å². The van der Waals surface area contributed by atoms with Gasteiger partial charge in [0.05, 0.1) is 20.8 Å². The predicted octanol–water partition coefficient (Wildman–Crippen LogP) is 0.756. The van der Waals surface area contributed by atoms with Gasteiger partial charge < -0.3 is 14.4 Å². The molecule has 1 heterocycles. The first kappa shape index (κ1) is 12.2. The van der Waals surface area contributed by atoms with Crippen molar-refractivity contribution in [1.82, 2.24) is 10.2 Å². The molecule has 1 aliphatic rings. The molecule has 0 bridgehead atoms. The van der Waals surface area contributed by atoms with E-state index in [9.17, 15) is 9.59 Å². The van der Waals surface area contributed by atoms with Crippen molar-refractivity contribution in [3.63, 3.8) is 0 Å². The number of urea groups is 1. The monoisotopic (exact) mass is 250 g/mol. The van der Waals surface area contributed by atoms with Gasteiger partial charge in [-0.25, -0.2) is 4.79 Å². The zero-order chi connectivity index (χ0) is 13.1. The smallest absolute Gasteiger partial charge is 0.324 e. The fourth-order valence-corrected chi connectivity index (χ4v) is 1.80. The molecule has 1 aliphatic heterocycles. The molecule has 1 N–H and O–H groups in total. The Balaban J connectivity index is 2.18. The van der Waals surface area contributed by atoms with Gasteiger partial charge in [-0.05, 0) is 12.1 Å². The van der Waals surface area contributed by atoms with Crippen LogP contribution >= 0.6 is 0 Å². The van der Waals surface area contributed by atoms with Crippen molar-refractivity contribution in [2.24, 2.45) is 0 Å². The van der Waals surface area contributed by atoms with Gasteiger partial charge in [0.1, 0.15) is 18.0 Å². The van der Waals surface area contributed by atoms with Gasteiger partial charge in [0, 0.05) is 11.6 Å². The number of imide groups is 1. The molecule has 0 aromatic heterocycles. The van der Waals surface area contributed by atoms with E-state index < -0.39 is 0 Å². The molecule has 1 aromatic rings. The molecule has 18 heavy (non-hydrogen) atoms. The van der Waals surface area contributed by atoms with E-state index >= 15 is 0 Å². The summed E-state index contributed by atoms with van der Waals surface area (Å²) in [5.74, 6) is 1.02. The molecule has 96 valence electrons. The highest BCUT2D eigenvalue weighted by Crippen LogP contribution is 2.26. The third-order valence-electron chi connectivity index (χ3n) is 2.72. The molecule has 1 fully saturated rings. The van der Waals surface area contributed by atoms with Gasteiger partial charge in [0.15, 0.2) is 0 Å². The lowest BCUT2D eigenvalue weighted by Gasteiger charge is -2.16. The van der Waals surface area contributed by atoms with Crippen LogP contribution in [0.5, 0.6) is 11.5 Å². The number of rotatable bonds is 4. The summed E-state index contributed by atoms with van der Waals surface area (Å²) in [6.07, 6.45) is 0. The second-order valence-electron chi connectivity index (χ2n) is 3.89. The number of nitrogens with zero attached hydrogens (tertiary/aromatic N) is 1. The molecule has 0 saturated carbocycles. The van der Waals surface area contributed by atoms with E-state index in [0.717, 1.165) is 5.56 Å². The first-order valence-corrected chi connectivity index (χ1v) is 5.43. The number of hydrogen-bond donors (Lipinski definition) is 1. The lowest BCUT2D eigenvalue weighted by Crippen LogP contribution is -2.27. The number of amides is 3. The number of hydrogen-bond acceptors (Lipinski definition) is 4. The van der Waals surface area contributed by atoms with Gasteiger partial charge in [-0.2, -0.15) is 0 Å². The Hall–Kier alpha value is -2.24. The number of carbonyl (C=O) groups excluding carboxylic acids is 2. The van der Waals surface area contributed by atoms with Crippen LogP contribution in [0.3, 0.4) is 0 Å². The van der Waals surface area contributed by atoms with Crippen LogP contribution in [0.1, 0.15) is 5.56 Å². The van der Waals surface area contributed by atoms with E-state index in [1.54, 1.807) is 26.4 Å². The quantitative estimate of drug-likeness (QED) is 0.801. The summed E-state index contributed by atoms with van der Waals surface area (Å²) in [6.45, 7) is 0.402. The number of ether oxygens (including phenoxy) is 2. The maximum atomic E-state index is 11.4. The summed E-state index contributed by atoms with van der Waals surface area (Å²) >= 11 is 0. The number of methoxy groups -OCH3 is 2. The maximum absolute atomic E-state index is 11.4. The molecular formula is C12H14N2O4. The molecule has 0 unspecified atom stereocenters. The van der Waals surface area contributed by atoms with E-state index in [1.807, 2.05) is 6.07 Å². The summed E-state index contributed by atoms with van der Waals surface area (Å²) in [7, 11) is 3.12. The van der Waals surface area contributed by atoms with E-state index in [1.165, 1.54) is 4.90 Å². The minimum atomic E-state index is -0.377. The molecule has 0 spiro atoms. The zero-order valence-corrected chi connectivity index (χ0v) is 10.2. The van der Waals surface area contributed by atoms with Crippen LogP contribution in [-0.4, -0.2) is 37.6 Å². The van der Waals surface area contributed by atoms with Gasteiger partial charge in [-0.15, -0.1) is 0 Å². The molecule has 0 radical (unpaired) electrons. The fraction of sp³-hybridized carbons (Fsp3) is 0.333. The normalized spacial score (nSPS) is 14.7. The molecule has 6 nitrogen and oxygen atoms in total. The van der Waals surface area contributed by atoms with Gasteiger partial charge >= 0.3 is 6.03 Å². The van der Waals surface area contributed by atoms with Crippen molar-refractivity contribution in [2.75, 3.05) is 20.8 Å². The molecule has 0 aliphatic carbocycles. The summed E-state index contributed by atoms with van der Waals surface area (Å²) < 4.78 is 10.3. The highest BCUT2D eigenvalue weighted by Gasteiger charge is 2.27. The van der Waals surface area contributed by atoms with Crippen LogP contribution in [0, 0.1) is 0 Å². The second kappa shape index (κ2) is 4.95. The largest absolute Gasteiger partial charge is 0.497 e. The summed E-state index contributed by atoms with van der Waals surface area (Å²) in [6, 6.07) is 4.96. The first-order valence-electron chi connectivity index (χ1n) is 5.43. The summed E-state index contributed by atoms with van der Waals surface area (Å²) in [5, 5.41) is 2.23. The standard InChI is InChI=1S/C12H14N2O4/c1-17-9-4-3-8(10(5-9)18-2)6-14-7-11(15)13-12(14)16/h3-5H,6-7H2,1-2H3,(H,13,15,16). The van der Waals surface area contributed by atoms with Crippen molar-refractivity contribution in [3.8, 4) is 11.5 Å². The molecule has 1 saturated heterocycles. The average molecular weight is 250 g/mol. The lowest BCUT2D eigenvalue weighted by molar-refractivity contribution is -0.118. The van der Waals surface area contributed by atoms with Crippen molar-refractivity contribution in [1.29, 1.82) is 0 Å². The van der Waals surface area contributed by atoms with E-state index in [4.69, 9.17) is 9.47 Å². The molecular weight excluding hydrogens is 236 g/mol. The Labute approximate surface area is 104 Å². The molecule has 3 amide bonds. The summed E-state index contributed by atoms with van der Waals surface area (Å²) in [4.78, 5) is 23.9. The fourth-order valence-electron chi connectivity index (χ4n) is 1.80. The van der Waals surface area contributed by atoms with Crippen LogP contribution in [-0.2, 0) is 11.3 Å². The average Bonchev–Trinajstić information content (AvgIpc) is 2.68. The number of carbonyl (C=O) groups is 2. The highest BCUT2D eigenvalue weighted by molar-refractivity contribution is 6.01. The highest BCUT2D eigenvalue weighted by atomic mass is 16.5. The van der Waals surface area contributed by atoms with Gasteiger partial charge in [0.2, 0.25) is 5.91 Å². The van der Waals surface area contributed by atoms with E-state index in [2.05, 4.69) is 5.32 Å². The van der Waals surface area contributed by atoms with Crippen LogP contribution in [0.2, 0.25) is 0 Å². The maximum Gasteiger partial charge on any atom is 0.324 e. The van der Waals surface area contributed by atoms with Crippen molar-refractivity contribution >= 4 is 11.9 Å². The van der Waals surface area contributed by atoms with Crippen molar-refractivity contribution < 1.29 is 19.1 Å². The van der Waals surface area contributed by atoms with Crippen molar-refractivity contribution in [2.45, 2.75) is 6.54 Å². The Bertz CT molecular complexity index is 487. The van der Waals surface area contributed by atoms with Crippen molar-refractivity contribution in [3.05, 3.63) is 23.8 Å². The lowest BCUT2D eigenvalue weighted by atomic mass is 10.2. The molecule has 2 rings (SSSR count). The van der Waals surface area contributed by atoms with Gasteiger partial charge in [0.25, 0.3) is 0 Å². The molecule has 1 aromatic carbocycles. The second-order valence-corrected chi connectivity index (χ2v) is 3.89. The van der Waals surface area contributed by atoms with Crippen LogP contribution in [0.15, 0.2) is 18.2 Å². The first-order chi connectivity index (χ1) is 8.63. The van der Waals surface area contributed by atoms with Crippen LogP contribution < -0.4 is 14.8 Å². The number of nitrogens with one attached hydrogen (secondary N) is 1. The minimum Gasteiger partial charge on any atom is -0.497 e. The Kier molecular flexibility index (Phi) is 3.36. The SMILES string of the molecule is COc1ccc(CN2CC(=O)NC2=O)c(OC)c1. The molecule has 0 atom stereocenters. The Morgan fingerprint density at radius 2 is 2.06 bits per heavy atom. The van der Waals surface area contributed by atoms with Crippen LogP contribution in [0.25, 0.3) is 0 Å². The molecule has 6 heteroatoms. The minimum absolute atomic E-state index is 0.0774. The third kappa shape index (κ3) is 2.37. The number of benzene rings is 1. The van der Waals surface area contributed by atoms with E-state index in [0.29, 0.717) is 18.0 Å². The van der Waals surface area contributed by atoms with Gasteiger partial charge in [-0.3, -0.25) is 10.1 Å². The third-order valence-corrected chi connectivity index (χ3v) is 2.72. The van der Waals surface area contributed by atoms with Gasteiger partial charge in [-0.1, -0.05) is 0 Å².